The molecule has 4 heteroatoms. The third kappa shape index (κ3) is 2.75. The predicted molar refractivity (Wildman–Crippen MR) is 83.7 cm³/mol. The molecule has 0 aliphatic carbocycles. The first kappa shape index (κ1) is 15.0. The number of ether oxygens (including phenoxy) is 2. The maximum absolute atomic E-state index is 13.5. The van der Waals surface area contributed by atoms with E-state index in [0.717, 1.165) is 16.2 Å². The van der Waals surface area contributed by atoms with Gasteiger partial charge in [-0.25, -0.2) is 9.37 Å². The zero-order valence-corrected chi connectivity index (χ0v) is 12.6. The molecule has 0 amide bonds. The summed E-state index contributed by atoms with van der Waals surface area (Å²) in [6, 6.07) is 10.1. The molecule has 0 aliphatic heterocycles. The van der Waals surface area contributed by atoms with E-state index in [1.54, 1.807) is 20.3 Å². The first-order chi connectivity index (χ1) is 10.2. The van der Waals surface area contributed by atoms with Crippen molar-refractivity contribution in [3.63, 3.8) is 0 Å². The molecule has 0 saturated carbocycles. The van der Waals surface area contributed by atoms with Gasteiger partial charge in [-0.3, -0.25) is 0 Å². The molecule has 3 rings (SSSR count). The average Bonchev–Trinajstić information content (AvgIpc) is 2.55. The Labute approximate surface area is 123 Å². The maximum atomic E-state index is 13.5. The Balaban J connectivity index is 0.000000774. The number of aromatic nitrogens is 1. The summed E-state index contributed by atoms with van der Waals surface area (Å²) in [4.78, 5) is 4.44. The van der Waals surface area contributed by atoms with Gasteiger partial charge in [0.25, 0.3) is 0 Å². The number of rotatable bonds is 2. The van der Waals surface area contributed by atoms with E-state index in [1.165, 1.54) is 12.1 Å². The van der Waals surface area contributed by atoms with Gasteiger partial charge in [0.2, 0.25) is 5.88 Å². The fourth-order valence-electron chi connectivity index (χ4n) is 2.21. The number of hydrogen-bond donors (Lipinski definition) is 0. The first-order valence-corrected chi connectivity index (χ1v) is 6.84. The normalized spacial score (nSPS) is 10.1. The predicted octanol–water partition coefficient (Wildman–Crippen LogP) is 4.57. The monoisotopic (exact) mass is 287 g/mol. The summed E-state index contributed by atoms with van der Waals surface area (Å²) < 4.78 is 23.9. The van der Waals surface area contributed by atoms with E-state index in [4.69, 9.17) is 9.47 Å². The van der Waals surface area contributed by atoms with E-state index in [2.05, 4.69) is 4.98 Å². The Hall–Kier alpha value is -2.36. The van der Waals surface area contributed by atoms with Crippen LogP contribution in [0.5, 0.6) is 11.6 Å². The first-order valence-electron chi connectivity index (χ1n) is 6.84. The minimum Gasteiger partial charge on any atom is -0.497 e. The van der Waals surface area contributed by atoms with Gasteiger partial charge in [0, 0.05) is 16.8 Å². The van der Waals surface area contributed by atoms with E-state index >= 15 is 0 Å². The SMILES string of the molecule is CC.COc1ccc2c(c1)nc(OC)c1ccc(F)cc12. The Morgan fingerprint density at radius 3 is 2.24 bits per heavy atom. The molecule has 0 radical (unpaired) electrons. The third-order valence-corrected chi connectivity index (χ3v) is 3.12. The van der Waals surface area contributed by atoms with E-state index < -0.39 is 0 Å². The number of methoxy groups -OCH3 is 2. The molecule has 3 aromatic rings. The molecule has 0 fully saturated rings. The lowest BCUT2D eigenvalue weighted by atomic mass is 10.1. The van der Waals surface area contributed by atoms with Crippen molar-refractivity contribution in [3.05, 3.63) is 42.2 Å². The van der Waals surface area contributed by atoms with Crippen LogP contribution in [-0.2, 0) is 0 Å². The van der Waals surface area contributed by atoms with Gasteiger partial charge in [-0.05, 0) is 35.7 Å². The number of fused-ring (bicyclic) bond motifs is 3. The van der Waals surface area contributed by atoms with Crippen LogP contribution in [0.4, 0.5) is 4.39 Å². The number of benzene rings is 2. The molecule has 1 aromatic heterocycles. The Bertz CT molecular complexity index is 771. The molecule has 0 atom stereocenters. The van der Waals surface area contributed by atoms with Gasteiger partial charge in [0.15, 0.2) is 0 Å². The van der Waals surface area contributed by atoms with Gasteiger partial charge in [0.1, 0.15) is 11.6 Å². The molecule has 0 spiro atoms. The average molecular weight is 287 g/mol. The Kier molecular flexibility index (Phi) is 4.58. The largest absolute Gasteiger partial charge is 0.497 e. The molecule has 0 N–H and O–H groups in total. The molecule has 0 saturated heterocycles. The molecule has 21 heavy (non-hydrogen) atoms. The van der Waals surface area contributed by atoms with Crippen LogP contribution in [0.3, 0.4) is 0 Å². The second kappa shape index (κ2) is 6.39. The van der Waals surface area contributed by atoms with Gasteiger partial charge in [-0.15, -0.1) is 0 Å². The van der Waals surface area contributed by atoms with Gasteiger partial charge >= 0.3 is 0 Å². The van der Waals surface area contributed by atoms with Gasteiger partial charge in [0.05, 0.1) is 19.7 Å². The summed E-state index contributed by atoms with van der Waals surface area (Å²) in [6.07, 6.45) is 0. The molecule has 3 nitrogen and oxygen atoms in total. The molecular formula is C17H18FNO2. The van der Waals surface area contributed by atoms with Gasteiger partial charge < -0.3 is 9.47 Å². The highest BCUT2D eigenvalue weighted by Crippen LogP contribution is 2.32. The number of pyridine rings is 1. The highest BCUT2D eigenvalue weighted by Gasteiger charge is 2.10. The summed E-state index contributed by atoms with van der Waals surface area (Å²) in [5, 5.41) is 2.45. The fraction of sp³-hybridized carbons (Fsp3) is 0.235. The van der Waals surface area contributed by atoms with Crippen LogP contribution in [0.15, 0.2) is 36.4 Å². The van der Waals surface area contributed by atoms with Crippen molar-refractivity contribution < 1.29 is 13.9 Å². The third-order valence-electron chi connectivity index (χ3n) is 3.12. The lowest BCUT2D eigenvalue weighted by Gasteiger charge is -2.09. The highest BCUT2D eigenvalue weighted by molar-refractivity contribution is 6.08. The van der Waals surface area contributed by atoms with E-state index in [9.17, 15) is 4.39 Å². The fourth-order valence-corrected chi connectivity index (χ4v) is 2.21. The van der Waals surface area contributed by atoms with E-state index in [1.807, 2.05) is 32.0 Å². The topological polar surface area (TPSA) is 31.4 Å². The smallest absolute Gasteiger partial charge is 0.221 e. The van der Waals surface area contributed by atoms with E-state index in [0.29, 0.717) is 17.1 Å². The van der Waals surface area contributed by atoms with Crippen LogP contribution in [0.1, 0.15) is 13.8 Å². The zero-order valence-electron chi connectivity index (χ0n) is 12.6. The van der Waals surface area contributed by atoms with Crippen molar-refractivity contribution >= 4 is 21.7 Å². The van der Waals surface area contributed by atoms with Crippen molar-refractivity contribution in [1.29, 1.82) is 0 Å². The minimum atomic E-state index is -0.280. The molecule has 0 bridgehead atoms. The molecule has 0 aliphatic rings. The van der Waals surface area contributed by atoms with Crippen molar-refractivity contribution in [3.8, 4) is 11.6 Å². The van der Waals surface area contributed by atoms with Gasteiger partial charge in [-0.1, -0.05) is 13.8 Å². The summed E-state index contributed by atoms with van der Waals surface area (Å²) >= 11 is 0. The summed E-state index contributed by atoms with van der Waals surface area (Å²) in [5.41, 5.74) is 0.717. The summed E-state index contributed by atoms with van der Waals surface area (Å²) in [7, 11) is 3.15. The standard InChI is InChI=1S/C15H12FNO2.C2H6/c1-18-10-4-6-11-13-7-9(16)3-5-12(13)15(19-2)17-14(11)8-10;1-2/h3-8H,1-2H3;1-2H3. The molecular weight excluding hydrogens is 269 g/mol. The van der Waals surface area contributed by atoms with Crippen molar-refractivity contribution in [2.45, 2.75) is 13.8 Å². The van der Waals surface area contributed by atoms with Crippen LogP contribution in [0, 0.1) is 5.82 Å². The van der Waals surface area contributed by atoms with Crippen LogP contribution in [0.25, 0.3) is 21.7 Å². The summed E-state index contributed by atoms with van der Waals surface area (Å²) in [5.74, 6) is 0.909. The number of hydrogen-bond acceptors (Lipinski definition) is 3. The van der Waals surface area contributed by atoms with Crippen LogP contribution >= 0.6 is 0 Å². The van der Waals surface area contributed by atoms with Crippen LogP contribution in [0.2, 0.25) is 0 Å². The van der Waals surface area contributed by atoms with E-state index in [-0.39, 0.29) is 5.82 Å². The summed E-state index contributed by atoms with van der Waals surface area (Å²) in [6.45, 7) is 4.00. The minimum absolute atomic E-state index is 0.280. The van der Waals surface area contributed by atoms with Crippen molar-refractivity contribution in [2.75, 3.05) is 14.2 Å². The lowest BCUT2D eigenvalue weighted by molar-refractivity contribution is 0.404. The quantitative estimate of drug-likeness (QED) is 0.647. The molecule has 110 valence electrons. The zero-order chi connectivity index (χ0) is 15.4. The van der Waals surface area contributed by atoms with Crippen LogP contribution in [-0.4, -0.2) is 19.2 Å². The Morgan fingerprint density at radius 2 is 1.57 bits per heavy atom. The van der Waals surface area contributed by atoms with Gasteiger partial charge in [-0.2, -0.15) is 0 Å². The molecule has 2 aromatic carbocycles. The van der Waals surface area contributed by atoms with Crippen LogP contribution < -0.4 is 9.47 Å². The van der Waals surface area contributed by atoms with Crippen molar-refractivity contribution in [1.82, 2.24) is 4.98 Å². The maximum Gasteiger partial charge on any atom is 0.221 e. The number of nitrogens with zero attached hydrogens (tertiary/aromatic N) is 1. The second-order valence-corrected chi connectivity index (χ2v) is 4.19. The second-order valence-electron chi connectivity index (χ2n) is 4.19. The molecule has 1 heterocycles. The number of halogens is 1. The van der Waals surface area contributed by atoms with Crippen molar-refractivity contribution in [2.24, 2.45) is 0 Å². The lowest BCUT2D eigenvalue weighted by Crippen LogP contribution is -1.92. The Morgan fingerprint density at radius 1 is 0.857 bits per heavy atom. The highest BCUT2D eigenvalue weighted by atomic mass is 19.1. The molecule has 0 unspecified atom stereocenters.